The predicted molar refractivity (Wildman–Crippen MR) is 71.2 cm³/mol. The van der Waals surface area contributed by atoms with Gasteiger partial charge in [-0.3, -0.25) is 0 Å². The van der Waals surface area contributed by atoms with E-state index in [0.717, 1.165) is 24.4 Å². The van der Waals surface area contributed by atoms with Crippen molar-refractivity contribution in [3.8, 4) is 0 Å². The first-order chi connectivity index (χ1) is 8.76. The molecule has 1 saturated carbocycles. The first-order valence-corrected chi connectivity index (χ1v) is 6.10. The van der Waals surface area contributed by atoms with E-state index in [1.807, 2.05) is 24.3 Å². The van der Waals surface area contributed by atoms with Crippen LogP contribution < -0.4 is 10.6 Å². The maximum atomic E-state index is 8.62. The Kier molecular flexibility index (Phi) is 4.04. The lowest BCUT2D eigenvalue weighted by Crippen LogP contribution is -2.29. The van der Waals surface area contributed by atoms with Gasteiger partial charge in [0.25, 0.3) is 0 Å². The smallest absolute Gasteiger partial charge is 0.170 e. The van der Waals surface area contributed by atoms with Crippen LogP contribution in [-0.2, 0) is 4.74 Å². The summed E-state index contributed by atoms with van der Waals surface area (Å²) < 4.78 is 5.14. The largest absolute Gasteiger partial charge is 0.409 e. The summed E-state index contributed by atoms with van der Waals surface area (Å²) in [5, 5.41) is 11.6. The number of nitrogens with two attached hydrogens (primary N) is 1. The Morgan fingerprint density at radius 2 is 2.11 bits per heavy atom. The van der Waals surface area contributed by atoms with Crippen molar-refractivity contribution in [1.29, 1.82) is 0 Å². The summed E-state index contributed by atoms with van der Waals surface area (Å²) in [6, 6.07) is 8.37. The maximum Gasteiger partial charge on any atom is 0.170 e. The summed E-state index contributed by atoms with van der Waals surface area (Å²) in [4.78, 5) is 2.35. The van der Waals surface area contributed by atoms with Gasteiger partial charge in [-0.05, 0) is 37.1 Å². The van der Waals surface area contributed by atoms with Crippen LogP contribution in [0.5, 0.6) is 0 Å². The Balaban J connectivity index is 2.10. The summed E-state index contributed by atoms with van der Waals surface area (Å²) in [6.07, 6.45) is 2.48. The molecule has 0 spiro atoms. The van der Waals surface area contributed by atoms with Gasteiger partial charge in [0.15, 0.2) is 5.84 Å². The molecule has 0 radical (unpaired) electrons. The molecule has 0 aromatic heterocycles. The van der Waals surface area contributed by atoms with E-state index < -0.39 is 0 Å². The molecular weight excluding hydrogens is 230 g/mol. The van der Waals surface area contributed by atoms with Crippen LogP contribution in [0.3, 0.4) is 0 Å². The van der Waals surface area contributed by atoms with Crippen LogP contribution in [0.25, 0.3) is 0 Å². The number of amidine groups is 1. The highest BCUT2D eigenvalue weighted by atomic mass is 16.5. The molecule has 0 heterocycles. The minimum absolute atomic E-state index is 0.136. The quantitative estimate of drug-likeness (QED) is 0.346. The normalized spacial score (nSPS) is 15.7. The minimum Gasteiger partial charge on any atom is -0.409 e. The number of oxime groups is 1. The van der Waals surface area contributed by atoms with Gasteiger partial charge in [0.05, 0.1) is 6.61 Å². The second kappa shape index (κ2) is 5.73. The molecule has 1 fully saturated rings. The lowest BCUT2D eigenvalue weighted by molar-refractivity contribution is 0.205. The SMILES string of the molecule is COCCN(c1ccc(/C(N)=N/O)cc1)C1CC1. The van der Waals surface area contributed by atoms with Crippen LogP contribution in [-0.4, -0.2) is 37.3 Å². The Morgan fingerprint density at radius 1 is 1.44 bits per heavy atom. The van der Waals surface area contributed by atoms with E-state index in [4.69, 9.17) is 15.7 Å². The third-order valence-corrected chi connectivity index (χ3v) is 3.13. The summed E-state index contributed by atoms with van der Waals surface area (Å²) in [7, 11) is 1.71. The van der Waals surface area contributed by atoms with Gasteiger partial charge in [0, 0.05) is 30.9 Å². The molecule has 5 nitrogen and oxygen atoms in total. The molecule has 0 unspecified atom stereocenters. The summed E-state index contributed by atoms with van der Waals surface area (Å²) in [5.41, 5.74) is 7.42. The number of methoxy groups -OCH3 is 1. The summed E-state index contributed by atoms with van der Waals surface area (Å²) in [5.74, 6) is 0.136. The summed E-state index contributed by atoms with van der Waals surface area (Å²) >= 11 is 0. The second-order valence-electron chi connectivity index (χ2n) is 4.45. The number of hydrogen-bond acceptors (Lipinski definition) is 4. The zero-order chi connectivity index (χ0) is 13.0. The van der Waals surface area contributed by atoms with Gasteiger partial charge in [-0.1, -0.05) is 5.16 Å². The topological polar surface area (TPSA) is 71.1 Å². The molecule has 0 bridgehead atoms. The molecule has 0 aliphatic heterocycles. The van der Waals surface area contributed by atoms with Crippen molar-refractivity contribution in [2.75, 3.05) is 25.2 Å². The van der Waals surface area contributed by atoms with E-state index in [1.165, 1.54) is 12.8 Å². The van der Waals surface area contributed by atoms with Crippen molar-refractivity contribution in [3.63, 3.8) is 0 Å². The van der Waals surface area contributed by atoms with Gasteiger partial charge in [0.2, 0.25) is 0 Å². The van der Waals surface area contributed by atoms with Crippen LogP contribution in [0.1, 0.15) is 18.4 Å². The fourth-order valence-electron chi connectivity index (χ4n) is 1.98. The summed E-state index contributed by atoms with van der Waals surface area (Å²) in [6.45, 7) is 1.61. The third-order valence-electron chi connectivity index (χ3n) is 3.13. The highest BCUT2D eigenvalue weighted by molar-refractivity contribution is 5.97. The van der Waals surface area contributed by atoms with Crippen LogP contribution in [0.4, 0.5) is 5.69 Å². The van der Waals surface area contributed by atoms with Gasteiger partial charge in [-0.15, -0.1) is 0 Å². The van der Waals surface area contributed by atoms with Crippen molar-refractivity contribution < 1.29 is 9.94 Å². The average Bonchev–Trinajstić information content (AvgIpc) is 3.24. The average molecular weight is 249 g/mol. The number of benzene rings is 1. The third kappa shape index (κ3) is 2.92. The Hall–Kier alpha value is -1.75. The molecule has 3 N–H and O–H groups in total. The lowest BCUT2D eigenvalue weighted by atomic mass is 10.2. The minimum atomic E-state index is 0.136. The monoisotopic (exact) mass is 249 g/mol. The van der Waals surface area contributed by atoms with Gasteiger partial charge < -0.3 is 20.6 Å². The number of anilines is 1. The Labute approximate surface area is 107 Å². The Morgan fingerprint density at radius 3 is 2.61 bits per heavy atom. The highest BCUT2D eigenvalue weighted by Gasteiger charge is 2.28. The van der Waals surface area contributed by atoms with E-state index in [9.17, 15) is 0 Å². The van der Waals surface area contributed by atoms with Crippen molar-refractivity contribution in [1.82, 2.24) is 0 Å². The number of ether oxygens (including phenoxy) is 1. The molecule has 0 amide bonds. The Bertz CT molecular complexity index is 413. The molecule has 1 aromatic rings. The number of rotatable bonds is 6. The van der Waals surface area contributed by atoms with Gasteiger partial charge in [0.1, 0.15) is 0 Å². The molecule has 18 heavy (non-hydrogen) atoms. The van der Waals surface area contributed by atoms with Gasteiger partial charge in [-0.25, -0.2) is 0 Å². The standard InChI is InChI=1S/C13H19N3O2/c1-18-9-8-16(12-6-7-12)11-4-2-10(3-5-11)13(14)15-17/h2-5,12,17H,6-9H2,1H3,(H2,14,15). The zero-order valence-corrected chi connectivity index (χ0v) is 10.5. The predicted octanol–water partition coefficient (Wildman–Crippen LogP) is 1.40. The molecule has 1 aliphatic carbocycles. The zero-order valence-electron chi connectivity index (χ0n) is 10.5. The number of hydrogen-bond donors (Lipinski definition) is 2. The maximum absolute atomic E-state index is 8.62. The first kappa shape index (κ1) is 12.7. The molecular formula is C13H19N3O2. The van der Waals surface area contributed by atoms with E-state index in [-0.39, 0.29) is 5.84 Å². The van der Waals surface area contributed by atoms with E-state index in [0.29, 0.717) is 6.04 Å². The highest BCUT2D eigenvalue weighted by Crippen LogP contribution is 2.31. The van der Waals surface area contributed by atoms with Crippen LogP contribution in [0.2, 0.25) is 0 Å². The van der Waals surface area contributed by atoms with E-state index >= 15 is 0 Å². The molecule has 2 rings (SSSR count). The van der Waals surface area contributed by atoms with Crippen molar-refractivity contribution in [2.45, 2.75) is 18.9 Å². The number of nitrogens with zero attached hydrogens (tertiary/aromatic N) is 2. The second-order valence-corrected chi connectivity index (χ2v) is 4.45. The first-order valence-electron chi connectivity index (χ1n) is 6.10. The fourth-order valence-corrected chi connectivity index (χ4v) is 1.98. The van der Waals surface area contributed by atoms with Gasteiger partial charge in [-0.2, -0.15) is 0 Å². The van der Waals surface area contributed by atoms with E-state index in [1.54, 1.807) is 7.11 Å². The molecule has 5 heteroatoms. The molecule has 0 saturated heterocycles. The van der Waals surface area contributed by atoms with Crippen LogP contribution in [0, 0.1) is 0 Å². The van der Waals surface area contributed by atoms with E-state index in [2.05, 4.69) is 10.1 Å². The van der Waals surface area contributed by atoms with Crippen LogP contribution >= 0.6 is 0 Å². The van der Waals surface area contributed by atoms with Crippen molar-refractivity contribution >= 4 is 11.5 Å². The molecule has 98 valence electrons. The molecule has 0 atom stereocenters. The van der Waals surface area contributed by atoms with Crippen molar-refractivity contribution in [3.05, 3.63) is 29.8 Å². The molecule has 1 aliphatic rings. The van der Waals surface area contributed by atoms with Gasteiger partial charge >= 0.3 is 0 Å². The fraction of sp³-hybridized carbons (Fsp3) is 0.462. The lowest BCUT2D eigenvalue weighted by Gasteiger charge is -2.24. The van der Waals surface area contributed by atoms with Crippen LogP contribution in [0.15, 0.2) is 29.4 Å². The van der Waals surface area contributed by atoms with Crippen molar-refractivity contribution in [2.24, 2.45) is 10.9 Å². The molecule has 1 aromatic carbocycles.